The second kappa shape index (κ2) is 6.19. The van der Waals surface area contributed by atoms with Crippen molar-refractivity contribution < 1.29 is 13.9 Å². The molecular formula is C16H16FNO2. The van der Waals surface area contributed by atoms with Gasteiger partial charge in [0.05, 0.1) is 0 Å². The summed E-state index contributed by atoms with van der Waals surface area (Å²) in [5.41, 5.74) is 6.42. The van der Waals surface area contributed by atoms with Gasteiger partial charge in [0.1, 0.15) is 5.75 Å². The van der Waals surface area contributed by atoms with Crippen LogP contribution in [0.4, 0.5) is 4.39 Å². The monoisotopic (exact) mass is 273 g/mol. The van der Waals surface area contributed by atoms with Crippen molar-refractivity contribution in [1.82, 2.24) is 0 Å². The molecule has 0 aromatic heterocycles. The molecule has 2 aromatic carbocycles. The highest BCUT2D eigenvalue weighted by Gasteiger charge is 2.08. The summed E-state index contributed by atoms with van der Waals surface area (Å²) in [6, 6.07) is 11.4. The molecule has 3 nitrogen and oxygen atoms in total. The van der Waals surface area contributed by atoms with Crippen molar-refractivity contribution >= 4 is 5.91 Å². The van der Waals surface area contributed by atoms with Gasteiger partial charge in [-0.2, -0.15) is 0 Å². The van der Waals surface area contributed by atoms with Gasteiger partial charge < -0.3 is 10.5 Å². The third kappa shape index (κ3) is 3.35. The van der Waals surface area contributed by atoms with E-state index < -0.39 is 11.7 Å². The molecule has 104 valence electrons. The van der Waals surface area contributed by atoms with E-state index in [9.17, 15) is 9.18 Å². The maximum Gasteiger partial charge on any atom is 0.248 e. The lowest BCUT2D eigenvalue weighted by Crippen LogP contribution is -2.11. The molecule has 0 radical (unpaired) electrons. The highest BCUT2D eigenvalue weighted by Crippen LogP contribution is 2.25. The van der Waals surface area contributed by atoms with E-state index in [0.717, 1.165) is 18.9 Å². The van der Waals surface area contributed by atoms with Crippen LogP contribution in [0.3, 0.4) is 0 Å². The Labute approximate surface area is 117 Å². The zero-order chi connectivity index (χ0) is 14.5. The van der Waals surface area contributed by atoms with Crippen LogP contribution in [0, 0.1) is 5.82 Å². The summed E-state index contributed by atoms with van der Waals surface area (Å²) in [5, 5.41) is 0. The zero-order valence-electron chi connectivity index (χ0n) is 11.2. The number of hydrogen-bond acceptors (Lipinski definition) is 2. The average Bonchev–Trinajstić information content (AvgIpc) is 2.43. The first-order valence-electron chi connectivity index (χ1n) is 6.46. The second-order valence-electron chi connectivity index (χ2n) is 4.51. The lowest BCUT2D eigenvalue weighted by atomic mass is 10.1. The molecule has 0 aliphatic carbocycles. The number of rotatable bonds is 5. The molecule has 0 saturated carbocycles. The summed E-state index contributed by atoms with van der Waals surface area (Å²) in [6.07, 6.45) is 2.07. The fraction of sp³-hybridized carbons (Fsp3) is 0.188. The molecule has 0 atom stereocenters. The lowest BCUT2D eigenvalue weighted by molar-refractivity contribution is 0.1000. The lowest BCUT2D eigenvalue weighted by Gasteiger charge is -2.08. The third-order valence-corrected chi connectivity index (χ3v) is 2.91. The van der Waals surface area contributed by atoms with Gasteiger partial charge in [0.25, 0.3) is 0 Å². The molecule has 2 N–H and O–H groups in total. The Morgan fingerprint density at radius 3 is 2.45 bits per heavy atom. The Morgan fingerprint density at radius 1 is 1.20 bits per heavy atom. The number of ether oxygens (including phenoxy) is 1. The largest absolute Gasteiger partial charge is 0.454 e. The van der Waals surface area contributed by atoms with Crippen LogP contribution >= 0.6 is 0 Å². The molecule has 1 amide bonds. The standard InChI is InChI=1S/C16H16FNO2/c1-2-3-11-4-7-13(8-5-11)20-15-9-6-12(16(18)19)10-14(15)17/h4-10H,2-3H2,1H3,(H2,18,19). The van der Waals surface area contributed by atoms with Crippen LogP contribution in [-0.2, 0) is 6.42 Å². The van der Waals surface area contributed by atoms with E-state index in [-0.39, 0.29) is 11.3 Å². The molecule has 0 bridgehead atoms. The van der Waals surface area contributed by atoms with Crippen LogP contribution in [0.15, 0.2) is 42.5 Å². The first-order chi connectivity index (χ1) is 9.60. The minimum Gasteiger partial charge on any atom is -0.454 e. The number of amides is 1. The van der Waals surface area contributed by atoms with Gasteiger partial charge >= 0.3 is 0 Å². The van der Waals surface area contributed by atoms with Crippen LogP contribution in [-0.4, -0.2) is 5.91 Å². The van der Waals surface area contributed by atoms with Crippen molar-refractivity contribution in [3.8, 4) is 11.5 Å². The smallest absolute Gasteiger partial charge is 0.248 e. The number of carbonyl (C=O) groups excluding carboxylic acids is 1. The predicted octanol–water partition coefficient (Wildman–Crippen LogP) is 3.67. The van der Waals surface area contributed by atoms with Gasteiger partial charge in [-0.05, 0) is 42.3 Å². The van der Waals surface area contributed by atoms with E-state index in [1.54, 1.807) is 12.1 Å². The predicted molar refractivity (Wildman–Crippen MR) is 75.4 cm³/mol. The van der Waals surface area contributed by atoms with Crippen LogP contribution in [0.1, 0.15) is 29.3 Å². The average molecular weight is 273 g/mol. The normalized spacial score (nSPS) is 10.3. The topological polar surface area (TPSA) is 52.3 Å². The highest BCUT2D eigenvalue weighted by molar-refractivity contribution is 5.92. The van der Waals surface area contributed by atoms with Crippen molar-refractivity contribution in [2.24, 2.45) is 5.73 Å². The molecular weight excluding hydrogens is 257 g/mol. The van der Waals surface area contributed by atoms with Crippen LogP contribution in [0.2, 0.25) is 0 Å². The van der Waals surface area contributed by atoms with Crippen molar-refractivity contribution in [3.05, 3.63) is 59.4 Å². The van der Waals surface area contributed by atoms with Crippen molar-refractivity contribution in [1.29, 1.82) is 0 Å². The number of carbonyl (C=O) groups is 1. The summed E-state index contributed by atoms with van der Waals surface area (Å²) < 4.78 is 19.2. The summed E-state index contributed by atoms with van der Waals surface area (Å²) in [7, 11) is 0. The Bertz CT molecular complexity index is 608. The molecule has 20 heavy (non-hydrogen) atoms. The molecule has 0 spiro atoms. The van der Waals surface area contributed by atoms with Gasteiger partial charge in [-0.15, -0.1) is 0 Å². The van der Waals surface area contributed by atoms with E-state index in [1.165, 1.54) is 17.7 Å². The number of benzene rings is 2. The fourth-order valence-corrected chi connectivity index (χ4v) is 1.88. The van der Waals surface area contributed by atoms with Gasteiger partial charge in [0.2, 0.25) is 5.91 Å². The van der Waals surface area contributed by atoms with Crippen molar-refractivity contribution in [2.75, 3.05) is 0 Å². The molecule has 0 aliphatic heterocycles. The first kappa shape index (κ1) is 14.1. The Balaban J connectivity index is 2.15. The maximum absolute atomic E-state index is 13.8. The summed E-state index contributed by atoms with van der Waals surface area (Å²) in [6.45, 7) is 2.11. The first-order valence-corrected chi connectivity index (χ1v) is 6.46. The van der Waals surface area contributed by atoms with Gasteiger partial charge in [0.15, 0.2) is 11.6 Å². The van der Waals surface area contributed by atoms with Gasteiger partial charge in [0, 0.05) is 5.56 Å². The minimum atomic E-state index is -0.667. The van der Waals surface area contributed by atoms with Gasteiger partial charge in [-0.1, -0.05) is 25.5 Å². The Hall–Kier alpha value is -2.36. The number of primary amides is 1. The van der Waals surface area contributed by atoms with Crippen molar-refractivity contribution in [3.63, 3.8) is 0 Å². The molecule has 0 saturated heterocycles. The second-order valence-corrected chi connectivity index (χ2v) is 4.51. The summed E-state index contributed by atoms with van der Waals surface area (Å²) >= 11 is 0. The Morgan fingerprint density at radius 2 is 1.90 bits per heavy atom. The highest BCUT2D eigenvalue weighted by atomic mass is 19.1. The van der Waals surface area contributed by atoms with E-state index in [0.29, 0.717) is 5.75 Å². The molecule has 0 aliphatic rings. The van der Waals surface area contributed by atoms with Crippen LogP contribution < -0.4 is 10.5 Å². The third-order valence-electron chi connectivity index (χ3n) is 2.91. The molecule has 0 unspecified atom stereocenters. The SMILES string of the molecule is CCCc1ccc(Oc2ccc(C(N)=O)cc2F)cc1. The van der Waals surface area contributed by atoms with Crippen LogP contribution in [0.25, 0.3) is 0 Å². The summed E-state index contributed by atoms with van der Waals surface area (Å²) in [5.74, 6) is -0.660. The molecule has 2 rings (SSSR count). The zero-order valence-corrected chi connectivity index (χ0v) is 11.2. The van der Waals surface area contributed by atoms with Gasteiger partial charge in [-0.3, -0.25) is 4.79 Å². The van der Waals surface area contributed by atoms with E-state index in [4.69, 9.17) is 10.5 Å². The van der Waals surface area contributed by atoms with Crippen LogP contribution in [0.5, 0.6) is 11.5 Å². The summed E-state index contributed by atoms with van der Waals surface area (Å²) in [4.78, 5) is 10.9. The number of aryl methyl sites for hydroxylation is 1. The molecule has 4 heteroatoms. The Kier molecular flexibility index (Phi) is 4.35. The molecule has 0 heterocycles. The van der Waals surface area contributed by atoms with E-state index in [1.807, 2.05) is 12.1 Å². The minimum absolute atomic E-state index is 0.0678. The number of hydrogen-bond donors (Lipinski definition) is 1. The van der Waals surface area contributed by atoms with E-state index >= 15 is 0 Å². The molecule has 2 aromatic rings. The van der Waals surface area contributed by atoms with Gasteiger partial charge in [-0.25, -0.2) is 4.39 Å². The maximum atomic E-state index is 13.8. The fourth-order valence-electron chi connectivity index (χ4n) is 1.88. The van der Waals surface area contributed by atoms with E-state index in [2.05, 4.69) is 6.92 Å². The van der Waals surface area contributed by atoms with Crippen molar-refractivity contribution in [2.45, 2.75) is 19.8 Å². The quantitative estimate of drug-likeness (QED) is 0.903. The number of halogens is 1. The number of nitrogens with two attached hydrogens (primary N) is 1. The molecule has 0 fully saturated rings.